The van der Waals surface area contributed by atoms with Crippen LogP contribution >= 0.6 is 0 Å². The Balaban J connectivity index is 1.73. The molecule has 3 aromatic heterocycles. The largest absolute Gasteiger partial charge is 0.455 e. The minimum atomic E-state index is -0.321. The van der Waals surface area contributed by atoms with E-state index in [1.54, 1.807) is 12.3 Å². The Labute approximate surface area is 164 Å². The van der Waals surface area contributed by atoms with Gasteiger partial charge in [-0.3, -0.25) is 4.57 Å². The number of aromatic nitrogens is 3. The predicted molar refractivity (Wildman–Crippen MR) is 112 cm³/mol. The van der Waals surface area contributed by atoms with Gasteiger partial charge in [0.2, 0.25) is 0 Å². The highest BCUT2D eigenvalue weighted by Gasteiger charge is 2.20. The van der Waals surface area contributed by atoms with Crippen LogP contribution in [0.25, 0.3) is 50.2 Å². The molecule has 0 saturated heterocycles. The van der Waals surface area contributed by atoms with Crippen LogP contribution in [0, 0.1) is 5.82 Å². The van der Waals surface area contributed by atoms with E-state index in [4.69, 9.17) is 9.40 Å². The van der Waals surface area contributed by atoms with Crippen molar-refractivity contribution < 1.29 is 8.81 Å². The summed E-state index contributed by atoms with van der Waals surface area (Å²) in [4.78, 5) is 9.42. The molecule has 0 unspecified atom stereocenters. The average molecular weight is 379 g/mol. The first-order chi connectivity index (χ1) is 14.3. The number of benzene rings is 3. The molecule has 3 heterocycles. The van der Waals surface area contributed by atoms with Gasteiger partial charge in [-0.1, -0.05) is 30.3 Å². The maximum Gasteiger partial charge on any atom is 0.164 e. The number of hydrogen-bond donors (Lipinski definition) is 0. The fraction of sp³-hybridized carbons (Fsp3) is 0. The number of imidazole rings is 1. The van der Waals surface area contributed by atoms with Gasteiger partial charge in [-0.05, 0) is 42.5 Å². The molecule has 6 aromatic rings. The first-order valence-electron chi connectivity index (χ1n) is 9.30. The molecule has 6 rings (SSSR count). The van der Waals surface area contributed by atoms with Crippen molar-refractivity contribution in [3.63, 3.8) is 0 Å². The van der Waals surface area contributed by atoms with Crippen LogP contribution < -0.4 is 0 Å². The molecular formula is C24H14FN3O. The topological polar surface area (TPSA) is 43.9 Å². The van der Waals surface area contributed by atoms with Crippen LogP contribution in [0.15, 0.2) is 89.5 Å². The van der Waals surface area contributed by atoms with E-state index in [2.05, 4.69) is 4.98 Å². The van der Waals surface area contributed by atoms with Crippen molar-refractivity contribution in [1.82, 2.24) is 14.5 Å². The van der Waals surface area contributed by atoms with Crippen molar-refractivity contribution in [2.24, 2.45) is 0 Å². The molecule has 0 N–H and O–H groups in total. The molecule has 0 bridgehead atoms. The number of rotatable bonds is 2. The van der Waals surface area contributed by atoms with Crippen molar-refractivity contribution in [2.45, 2.75) is 0 Å². The molecule has 0 aliphatic heterocycles. The lowest BCUT2D eigenvalue weighted by molar-refractivity contribution is 0.618. The summed E-state index contributed by atoms with van der Waals surface area (Å²) in [5, 5.41) is 1.81. The Morgan fingerprint density at radius 1 is 0.828 bits per heavy atom. The fourth-order valence-electron chi connectivity index (χ4n) is 3.86. The Kier molecular flexibility index (Phi) is 3.32. The van der Waals surface area contributed by atoms with Gasteiger partial charge in [-0.25, -0.2) is 14.4 Å². The molecule has 0 amide bonds. The average Bonchev–Trinajstić information content (AvgIpc) is 3.32. The van der Waals surface area contributed by atoms with E-state index in [9.17, 15) is 4.39 Å². The van der Waals surface area contributed by atoms with Crippen LogP contribution in [0.2, 0.25) is 0 Å². The van der Waals surface area contributed by atoms with Crippen molar-refractivity contribution in [1.29, 1.82) is 0 Å². The van der Waals surface area contributed by atoms with Crippen LogP contribution in [0.4, 0.5) is 4.39 Å². The molecule has 4 nitrogen and oxygen atoms in total. The Morgan fingerprint density at radius 3 is 2.62 bits per heavy atom. The molecule has 5 heteroatoms. The van der Waals surface area contributed by atoms with E-state index in [-0.39, 0.29) is 5.82 Å². The smallest absolute Gasteiger partial charge is 0.164 e. The maximum absolute atomic E-state index is 13.7. The first kappa shape index (κ1) is 16.0. The van der Waals surface area contributed by atoms with Gasteiger partial charge < -0.3 is 4.42 Å². The Hall–Kier alpha value is -3.99. The molecule has 138 valence electrons. The maximum atomic E-state index is 13.7. The zero-order valence-corrected chi connectivity index (χ0v) is 15.2. The van der Waals surface area contributed by atoms with Crippen LogP contribution in [-0.4, -0.2) is 14.5 Å². The third kappa shape index (κ3) is 2.37. The van der Waals surface area contributed by atoms with E-state index >= 15 is 0 Å². The molecule has 0 radical (unpaired) electrons. The van der Waals surface area contributed by atoms with Gasteiger partial charge in [-0.15, -0.1) is 0 Å². The predicted octanol–water partition coefficient (Wildman–Crippen LogP) is 6.13. The molecular weight excluding hydrogens is 365 g/mol. The molecule has 0 aliphatic rings. The highest BCUT2D eigenvalue weighted by atomic mass is 19.1. The van der Waals surface area contributed by atoms with Crippen LogP contribution in [0.5, 0.6) is 0 Å². The van der Waals surface area contributed by atoms with E-state index < -0.39 is 0 Å². The summed E-state index contributed by atoms with van der Waals surface area (Å²) in [7, 11) is 0. The lowest BCUT2D eigenvalue weighted by Crippen LogP contribution is -1.98. The van der Waals surface area contributed by atoms with Gasteiger partial charge in [0.15, 0.2) is 11.5 Å². The van der Waals surface area contributed by atoms with Gasteiger partial charge in [-0.2, -0.15) is 0 Å². The number of halogens is 1. The minimum absolute atomic E-state index is 0.321. The third-order valence-corrected chi connectivity index (χ3v) is 5.13. The molecule has 0 atom stereocenters. The highest BCUT2D eigenvalue weighted by molar-refractivity contribution is 6.09. The zero-order valence-electron chi connectivity index (χ0n) is 15.2. The Bertz CT molecular complexity index is 1520. The number of hydrogen-bond acceptors (Lipinski definition) is 3. The second kappa shape index (κ2) is 6.01. The monoisotopic (exact) mass is 379 g/mol. The van der Waals surface area contributed by atoms with Gasteiger partial charge >= 0.3 is 0 Å². The molecule has 0 fully saturated rings. The highest BCUT2D eigenvalue weighted by Crippen LogP contribution is 2.37. The van der Waals surface area contributed by atoms with Gasteiger partial charge in [0.1, 0.15) is 22.5 Å². The van der Waals surface area contributed by atoms with E-state index in [0.29, 0.717) is 11.2 Å². The summed E-state index contributed by atoms with van der Waals surface area (Å²) in [6.45, 7) is 0. The molecule has 29 heavy (non-hydrogen) atoms. The van der Waals surface area contributed by atoms with Crippen molar-refractivity contribution >= 4 is 33.1 Å². The molecule has 3 aromatic carbocycles. The minimum Gasteiger partial charge on any atom is -0.455 e. The summed E-state index contributed by atoms with van der Waals surface area (Å²) in [6.07, 6.45) is 1.76. The summed E-state index contributed by atoms with van der Waals surface area (Å²) >= 11 is 0. The quantitative estimate of drug-likeness (QED) is 0.364. The van der Waals surface area contributed by atoms with E-state index in [1.807, 2.05) is 65.2 Å². The van der Waals surface area contributed by atoms with Crippen molar-refractivity contribution in [3.05, 3.63) is 90.9 Å². The summed E-state index contributed by atoms with van der Waals surface area (Å²) in [5.74, 6) is 0.411. The van der Waals surface area contributed by atoms with Crippen LogP contribution in [0.1, 0.15) is 0 Å². The number of nitrogens with zero attached hydrogens (tertiary/aromatic N) is 3. The van der Waals surface area contributed by atoms with Crippen molar-refractivity contribution in [3.8, 4) is 17.1 Å². The molecule has 0 saturated carbocycles. The molecule has 0 spiro atoms. The number of para-hydroxylation sites is 2. The normalized spacial score (nSPS) is 11.6. The molecule has 0 aliphatic carbocycles. The summed E-state index contributed by atoms with van der Waals surface area (Å²) in [5.41, 5.74) is 4.57. The lowest BCUT2D eigenvalue weighted by atomic mass is 10.1. The second-order valence-electron chi connectivity index (χ2n) is 6.88. The third-order valence-electron chi connectivity index (χ3n) is 5.13. The number of fused-ring (bicyclic) bond motifs is 4. The number of pyridine rings is 1. The summed E-state index contributed by atoms with van der Waals surface area (Å²) < 4.78 is 21.8. The fourth-order valence-corrected chi connectivity index (χ4v) is 3.86. The summed E-state index contributed by atoms with van der Waals surface area (Å²) in [6, 6.07) is 24.4. The second-order valence-corrected chi connectivity index (χ2v) is 6.88. The van der Waals surface area contributed by atoms with Crippen molar-refractivity contribution in [2.75, 3.05) is 0 Å². The Morgan fingerprint density at radius 2 is 1.72 bits per heavy atom. The number of furan rings is 1. The van der Waals surface area contributed by atoms with Gasteiger partial charge in [0.05, 0.1) is 5.56 Å². The van der Waals surface area contributed by atoms with E-state index in [1.165, 1.54) is 12.1 Å². The van der Waals surface area contributed by atoms with E-state index in [0.717, 1.165) is 39.0 Å². The van der Waals surface area contributed by atoms with Gasteiger partial charge in [0.25, 0.3) is 0 Å². The van der Waals surface area contributed by atoms with Crippen LogP contribution in [-0.2, 0) is 0 Å². The first-order valence-corrected chi connectivity index (χ1v) is 9.30. The zero-order chi connectivity index (χ0) is 19.4. The van der Waals surface area contributed by atoms with Crippen LogP contribution in [0.3, 0.4) is 0 Å². The van der Waals surface area contributed by atoms with Gasteiger partial charge in [0, 0.05) is 28.7 Å². The SMILES string of the molecule is Fc1ccc2c(c1)oc1c(-c3nc4cccnc4n3-c3ccccc3)cccc12. The lowest BCUT2D eigenvalue weighted by Gasteiger charge is -2.09. The standard InChI is InChI=1S/C24H14FN3O/c25-15-11-12-17-18-8-4-9-19(22(18)29-21(17)14-15)23-27-20-10-5-13-26-24(20)28(23)16-6-2-1-3-7-16/h1-14H.